The summed E-state index contributed by atoms with van der Waals surface area (Å²) < 4.78 is 21.7. The van der Waals surface area contributed by atoms with Crippen molar-refractivity contribution < 1.29 is 23.6 Å². The quantitative estimate of drug-likeness (QED) is 0.813. The Labute approximate surface area is 154 Å². The van der Waals surface area contributed by atoms with Gasteiger partial charge in [-0.05, 0) is 39.2 Å². The lowest BCUT2D eigenvalue weighted by Gasteiger charge is -2.25. The highest BCUT2D eigenvalue weighted by atomic mass is 32.2. The van der Waals surface area contributed by atoms with Crippen molar-refractivity contribution in [1.29, 1.82) is 0 Å². The number of nitrogens with zero attached hydrogens (tertiary/aromatic N) is 1. The van der Waals surface area contributed by atoms with Crippen LogP contribution in [0.4, 0.5) is 4.79 Å². The highest BCUT2D eigenvalue weighted by Crippen LogP contribution is 2.20. The van der Waals surface area contributed by atoms with Gasteiger partial charge in [0.2, 0.25) is 0 Å². The maximum atomic E-state index is 12.8. The van der Waals surface area contributed by atoms with Gasteiger partial charge >= 0.3 is 6.09 Å². The second-order valence-electron chi connectivity index (χ2n) is 7.31. The molecule has 26 heavy (non-hydrogen) atoms. The number of benzene rings is 1. The Hall–Kier alpha value is -1.93. The molecule has 1 aliphatic heterocycles. The van der Waals surface area contributed by atoms with Crippen LogP contribution in [0.15, 0.2) is 34.7 Å². The van der Waals surface area contributed by atoms with Crippen molar-refractivity contribution >= 4 is 21.7 Å². The first-order chi connectivity index (χ1) is 12.1. The summed E-state index contributed by atoms with van der Waals surface area (Å²) in [5, 5.41) is 12.7. The van der Waals surface area contributed by atoms with Crippen LogP contribution < -0.4 is 5.32 Å². The Kier molecular flexibility index (Phi) is 6.41. The molecule has 1 aromatic carbocycles. The number of alkyl carbamates (subject to hydrolysis) is 1. The zero-order valence-electron chi connectivity index (χ0n) is 15.3. The van der Waals surface area contributed by atoms with Gasteiger partial charge in [-0.1, -0.05) is 30.3 Å². The van der Waals surface area contributed by atoms with Gasteiger partial charge in [0.05, 0.1) is 15.8 Å². The number of ether oxygens (including phenoxy) is 1. The van der Waals surface area contributed by atoms with E-state index in [4.69, 9.17) is 4.74 Å². The number of carbonyl (C=O) groups excluding carboxylic acids is 2. The van der Waals surface area contributed by atoms with Crippen LogP contribution in [-0.4, -0.2) is 44.5 Å². The van der Waals surface area contributed by atoms with Crippen molar-refractivity contribution in [3.63, 3.8) is 0 Å². The highest BCUT2D eigenvalue weighted by molar-refractivity contribution is 7.93. The fraction of sp³-hybridized carbons (Fsp3) is 0.556. The average Bonchev–Trinajstić information content (AvgIpc) is 2.55. The van der Waals surface area contributed by atoms with Gasteiger partial charge in [0.25, 0.3) is 5.91 Å². The fourth-order valence-corrected chi connectivity index (χ4v) is 4.61. The standard InChI is InChI=1S/C18H26N2O5S/c1-18(2,3)25-17(23)19-14-9-11-26(24,20-16(14)22)12-10-15(21)13-7-5-4-6-8-13/h4-8,14-15,21H,9-12H2,1-3H3,(H,19,23). The number of aliphatic hydroxyl groups excluding tert-OH is 1. The first-order valence-corrected chi connectivity index (χ1v) is 10.4. The molecule has 1 heterocycles. The number of nitrogens with one attached hydrogen (secondary N) is 1. The van der Waals surface area contributed by atoms with Gasteiger partial charge in [-0.3, -0.25) is 4.79 Å². The van der Waals surface area contributed by atoms with Gasteiger partial charge in [0.1, 0.15) is 11.6 Å². The molecule has 8 heteroatoms. The van der Waals surface area contributed by atoms with Gasteiger partial charge in [0.15, 0.2) is 0 Å². The third-order valence-electron chi connectivity index (χ3n) is 3.87. The van der Waals surface area contributed by atoms with Crippen molar-refractivity contribution in [2.45, 2.75) is 51.4 Å². The van der Waals surface area contributed by atoms with Gasteiger partial charge in [0, 0.05) is 11.5 Å². The SMILES string of the molecule is CC(C)(C)OC(=O)NC1CCS(=O)(CCC(O)c2ccccc2)=NC1=O. The molecule has 1 aliphatic rings. The molecule has 2 amide bonds. The molecule has 0 fully saturated rings. The molecule has 3 atom stereocenters. The molecule has 2 N–H and O–H groups in total. The van der Waals surface area contributed by atoms with Crippen molar-refractivity contribution in [2.24, 2.45) is 4.36 Å². The molecule has 0 saturated heterocycles. The van der Waals surface area contributed by atoms with E-state index in [9.17, 15) is 18.9 Å². The lowest BCUT2D eigenvalue weighted by Crippen LogP contribution is -2.46. The van der Waals surface area contributed by atoms with Crippen molar-refractivity contribution in [3.05, 3.63) is 35.9 Å². The number of aliphatic hydroxyl groups is 1. The largest absolute Gasteiger partial charge is 0.444 e. The van der Waals surface area contributed by atoms with Crippen LogP contribution in [0.5, 0.6) is 0 Å². The maximum absolute atomic E-state index is 12.8. The molecular formula is C18H26N2O5S. The molecule has 0 aliphatic carbocycles. The van der Waals surface area contributed by atoms with Crippen LogP contribution >= 0.6 is 0 Å². The van der Waals surface area contributed by atoms with E-state index < -0.39 is 39.5 Å². The number of hydrogen-bond donors (Lipinski definition) is 2. The minimum Gasteiger partial charge on any atom is -0.444 e. The summed E-state index contributed by atoms with van der Waals surface area (Å²) >= 11 is 0. The molecule has 2 rings (SSSR count). The van der Waals surface area contributed by atoms with E-state index in [1.54, 1.807) is 32.9 Å². The molecule has 0 radical (unpaired) electrons. The summed E-state index contributed by atoms with van der Waals surface area (Å²) in [6.45, 7) is 5.18. The Morgan fingerprint density at radius 3 is 2.62 bits per heavy atom. The molecular weight excluding hydrogens is 356 g/mol. The lowest BCUT2D eigenvalue weighted by atomic mass is 10.1. The van der Waals surface area contributed by atoms with E-state index in [1.165, 1.54) is 0 Å². The number of amides is 2. The van der Waals surface area contributed by atoms with Crippen LogP contribution in [0.1, 0.15) is 45.3 Å². The second-order valence-corrected chi connectivity index (χ2v) is 9.86. The van der Waals surface area contributed by atoms with Crippen molar-refractivity contribution in [1.82, 2.24) is 5.32 Å². The highest BCUT2D eigenvalue weighted by Gasteiger charge is 2.30. The van der Waals surface area contributed by atoms with Crippen molar-refractivity contribution in [2.75, 3.05) is 11.5 Å². The maximum Gasteiger partial charge on any atom is 0.408 e. The topological polar surface area (TPSA) is 105 Å². The van der Waals surface area contributed by atoms with E-state index in [1.807, 2.05) is 18.2 Å². The Bertz CT molecular complexity index is 764. The molecule has 0 aromatic heterocycles. The smallest absolute Gasteiger partial charge is 0.408 e. The Morgan fingerprint density at radius 2 is 2.04 bits per heavy atom. The predicted molar refractivity (Wildman–Crippen MR) is 99.1 cm³/mol. The van der Waals surface area contributed by atoms with E-state index in [-0.39, 0.29) is 24.3 Å². The molecule has 1 aromatic rings. The zero-order valence-corrected chi connectivity index (χ0v) is 16.1. The predicted octanol–water partition coefficient (Wildman–Crippen LogP) is 2.40. The summed E-state index contributed by atoms with van der Waals surface area (Å²) in [4.78, 5) is 23.9. The monoisotopic (exact) mass is 382 g/mol. The van der Waals surface area contributed by atoms with Gasteiger partial charge in [-0.15, -0.1) is 0 Å². The third-order valence-corrected chi connectivity index (χ3v) is 6.13. The van der Waals surface area contributed by atoms with Gasteiger partial charge in [-0.2, -0.15) is 4.36 Å². The first kappa shape index (κ1) is 20.4. The lowest BCUT2D eigenvalue weighted by molar-refractivity contribution is -0.119. The molecule has 0 spiro atoms. The van der Waals surface area contributed by atoms with Crippen LogP contribution in [0.2, 0.25) is 0 Å². The number of hydrogen-bond acceptors (Lipinski definition) is 5. The van der Waals surface area contributed by atoms with Gasteiger partial charge < -0.3 is 15.2 Å². The Balaban J connectivity index is 1.94. The number of rotatable bonds is 5. The van der Waals surface area contributed by atoms with Crippen LogP contribution in [0.3, 0.4) is 0 Å². The van der Waals surface area contributed by atoms with Crippen LogP contribution in [-0.2, 0) is 19.3 Å². The van der Waals surface area contributed by atoms with E-state index in [0.717, 1.165) is 5.56 Å². The summed E-state index contributed by atoms with van der Waals surface area (Å²) in [5.41, 5.74) is 0.0715. The summed E-state index contributed by atoms with van der Waals surface area (Å²) in [5.74, 6) is -0.282. The molecule has 3 unspecified atom stereocenters. The third kappa shape index (κ3) is 6.10. The molecule has 0 saturated carbocycles. The minimum atomic E-state index is -2.72. The zero-order chi connectivity index (χ0) is 19.4. The summed E-state index contributed by atoms with van der Waals surface area (Å²) in [6, 6.07) is 8.25. The Morgan fingerprint density at radius 1 is 1.38 bits per heavy atom. The summed E-state index contributed by atoms with van der Waals surface area (Å²) in [7, 11) is -2.72. The first-order valence-electron chi connectivity index (χ1n) is 8.57. The van der Waals surface area contributed by atoms with E-state index >= 15 is 0 Å². The normalized spacial score (nSPS) is 24.5. The summed E-state index contributed by atoms with van der Waals surface area (Å²) in [6.07, 6.45) is -0.956. The molecule has 0 bridgehead atoms. The van der Waals surface area contributed by atoms with E-state index in [2.05, 4.69) is 9.68 Å². The second kappa shape index (κ2) is 8.18. The van der Waals surface area contributed by atoms with E-state index in [0.29, 0.717) is 0 Å². The average molecular weight is 382 g/mol. The van der Waals surface area contributed by atoms with Crippen LogP contribution in [0, 0.1) is 0 Å². The van der Waals surface area contributed by atoms with Crippen molar-refractivity contribution in [3.8, 4) is 0 Å². The van der Waals surface area contributed by atoms with Crippen LogP contribution in [0.25, 0.3) is 0 Å². The fourth-order valence-electron chi connectivity index (χ4n) is 2.57. The minimum absolute atomic E-state index is 0.133. The molecule has 7 nitrogen and oxygen atoms in total. The molecule has 144 valence electrons. The van der Waals surface area contributed by atoms with Gasteiger partial charge in [-0.25, -0.2) is 9.00 Å². The number of carbonyl (C=O) groups is 2.